The van der Waals surface area contributed by atoms with Gasteiger partial charge in [0.1, 0.15) is 11.4 Å². The number of ether oxygens (including phenoxy) is 1. The number of nitrogens with zero attached hydrogens (tertiary/aromatic N) is 1. The van der Waals surface area contributed by atoms with Crippen molar-refractivity contribution in [2.75, 3.05) is 17.3 Å². The number of hydrogen-bond donors (Lipinski definition) is 2. The van der Waals surface area contributed by atoms with Gasteiger partial charge in [0.2, 0.25) is 5.91 Å². The third-order valence-electron chi connectivity index (χ3n) is 2.82. The summed E-state index contributed by atoms with van der Waals surface area (Å²) in [6.45, 7) is 7.50. The summed E-state index contributed by atoms with van der Waals surface area (Å²) in [5.41, 5.74) is 0.173. The van der Waals surface area contributed by atoms with E-state index in [0.29, 0.717) is 5.82 Å². The van der Waals surface area contributed by atoms with Crippen molar-refractivity contribution in [3.63, 3.8) is 0 Å². The molecule has 7 heteroatoms. The Kier molecular flexibility index (Phi) is 7.35. The van der Waals surface area contributed by atoms with Crippen molar-refractivity contribution in [1.29, 1.82) is 0 Å². The van der Waals surface area contributed by atoms with Gasteiger partial charge >= 0.3 is 6.09 Å². The molecule has 0 aliphatic carbocycles. The average molecular weight is 339 g/mol. The Morgan fingerprint density at radius 2 is 2.09 bits per heavy atom. The van der Waals surface area contributed by atoms with Crippen LogP contribution in [0.25, 0.3) is 0 Å². The first kappa shape index (κ1) is 19.3. The standard InChI is InChI=1S/C16H25N3O3S/c1-11(10-23-5)14(20)19-13-12(7-6-8-17-13)9-18-15(21)22-16(2,3)4/h6-8,11H,9-10H2,1-5H3,(H,18,21)(H,17,19,20). The predicted octanol–water partition coefficient (Wildman–Crippen LogP) is 3.04. The fraction of sp³-hybridized carbons (Fsp3) is 0.562. The van der Waals surface area contributed by atoms with Crippen molar-refractivity contribution >= 4 is 29.6 Å². The van der Waals surface area contributed by atoms with Crippen LogP contribution in [0.3, 0.4) is 0 Å². The summed E-state index contributed by atoms with van der Waals surface area (Å²) in [5, 5.41) is 5.48. The van der Waals surface area contributed by atoms with E-state index in [1.165, 1.54) is 0 Å². The van der Waals surface area contributed by atoms with E-state index in [-0.39, 0.29) is 18.4 Å². The van der Waals surface area contributed by atoms with Crippen LogP contribution in [0.2, 0.25) is 0 Å². The second kappa shape index (κ2) is 8.76. The zero-order valence-electron chi connectivity index (χ0n) is 14.3. The molecule has 0 aliphatic rings. The topological polar surface area (TPSA) is 80.3 Å². The van der Waals surface area contributed by atoms with Crippen LogP contribution in [0.15, 0.2) is 18.3 Å². The smallest absolute Gasteiger partial charge is 0.407 e. The SMILES string of the molecule is CSCC(C)C(=O)Nc1ncccc1CNC(=O)OC(C)(C)C. The molecule has 6 nitrogen and oxygen atoms in total. The first-order valence-corrected chi connectivity index (χ1v) is 8.83. The molecule has 2 N–H and O–H groups in total. The van der Waals surface area contributed by atoms with Crippen LogP contribution in [-0.4, -0.2) is 34.6 Å². The number of rotatable bonds is 6. The molecule has 1 rings (SSSR count). The van der Waals surface area contributed by atoms with Crippen LogP contribution in [0.4, 0.5) is 10.6 Å². The number of pyridine rings is 1. The van der Waals surface area contributed by atoms with Gasteiger partial charge in [-0.15, -0.1) is 0 Å². The number of amides is 2. The van der Waals surface area contributed by atoms with E-state index < -0.39 is 11.7 Å². The van der Waals surface area contributed by atoms with Crippen molar-refractivity contribution in [3.8, 4) is 0 Å². The first-order chi connectivity index (χ1) is 10.7. The van der Waals surface area contributed by atoms with E-state index in [1.54, 1.807) is 50.9 Å². The second-order valence-electron chi connectivity index (χ2n) is 6.21. The summed E-state index contributed by atoms with van der Waals surface area (Å²) in [5.74, 6) is 1.00. The average Bonchev–Trinajstić information content (AvgIpc) is 2.44. The maximum atomic E-state index is 12.1. The molecule has 0 aliphatic heterocycles. The van der Waals surface area contributed by atoms with Crippen molar-refractivity contribution in [2.45, 2.75) is 39.8 Å². The number of alkyl carbamates (subject to hydrolysis) is 1. The van der Waals surface area contributed by atoms with Gasteiger partial charge in [-0.1, -0.05) is 13.0 Å². The molecule has 23 heavy (non-hydrogen) atoms. The Morgan fingerprint density at radius 3 is 2.70 bits per heavy atom. The summed E-state index contributed by atoms with van der Waals surface area (Å²) < 4.78 is 5.19. The lowest BCUT2D eigenvalue weighted by Crippen LogP contribution is -2.32. The maximum Gasteiger partial charge on any atom is 0.407 e. The van der Waals surface area contributed by atoms with E-state index >= 15 is 0 Å². The Morgan fingerprint density at radius 1 is 1.39 bits per heavy atom. The minimum Gasteiger partial charge on any atom is -0.444 e. The Bertz CT molecular complexity index is 544. The van der Waals surface area contributed by atoms with Gasteiger partial charge in [-0.2, -0.15) is 11.8 Å². The highest BCUT2D eigenvalue weighted by Crippen LogP contribution is 2.14. The zero-order valence-corrected chi connectivity index (χ0v) is 15.1. The van der Waals surface area contributed by atoms with Crippen molar-refractivity contribution in [2.24, 2.45) is 5.92 Å². The van der Waals surface area contributed by atoms with Gasteiger partial charge in [-0.3, -0.25) is 4.79 Å². The van der Waals surface area contributed by atoms with Crippen LogP contribution in [0.5, 0.6) is 0 Å². The molecule has 0 spiro atoms. The summed E-state index contributed by atoms with van der Waals surface area (Å²) in [7, 11) is 0. The number of carbonyl (C=O) groups is 2. The van der Waals surface area contributed by atoms with E-state index in [2.05, 4.69) is 15.6 Å². The molecule has 0 radical (unpaired) electrons. The summed E-state index contributed by atoms with van der Waals surface area (Å²) >= 11 is 1.62. The molecule has 0 fully saturated rings. The van der Waals surface area contributed by atoms with Gasteiger partial charge in [0.05, 0.1) is 0 Å². The van der Waals surface area contributed by atoms with Crippen LogP contribution in [0.1, 0.15) is 33.3 Å². The Hall–Kier alpha value is -1.76. The first-order valence-electron chi connectivity index (χ1n) is 7.43. The molecule has 0 saturated heterocycles. The summed E-state index contributed by atoms with van der Waals surface area (Å²) in [6.07, 6.45) is 3.06. The largest absolute Gasteiger partial charge is 0.444 e. The fourth-order valence-electron chi connectivity index (χ4n) is 1.74. The predicted molar refractivity (Wildman–Crippen MR) is 93.5 cm³/mol. The number of thioether (sulfide) groups is 1. The van der Waals surface area contributed by atoms with E-state index in [9.17, 15) is 9.59 Å². The second-order valence-corrected chi connectivity index (χ2v) is 7.12. The Balaban J connectivity index is 2.67. The highest BCUT2D eigenvalue weighted by molar-refractivity contribution is 7.98. The Labute approximate surface area is 141 Å². The van der Waals surface area contributed by atoms with Crippen molar-refractivity contribution < 1.29 is 14.3 Å². The molecule has 0 bridgehead atoms. The van der Waals surface area contributed by atoms with E-state index in [0.717, 1.165) is 11.3 Å². The van der Waals surface area contributed by atoms with Crippen molar-refractivity contribution in [3.05, 3.63) is 23.9 Å². The highest BCUT2D eigenvalue weighted by atomic mass is 32.2. The van der Waals surface area contributed by atoms with Crippen LogP contribution < -0.4 is 10.6 Å². The molecule has 128 valence electrons. The van der Waals surface area contributed by atoms with Crippen LogP contribution in [-0.2, 0) is 16.1 Å². The van der Waals surface area contributed by atoms with Crippen LogP contribution >= 0.6 is 11.8 Å². The van der Waals surface area contributed by atoms with Gasteiger partial charge in [0.15, 0.2) is 0 Å². The maximum absolute atomic E-state index is 12.1. The van der Waals surface area contributed by atoms with E-state index in [1.807, 2.05) is 13.2 Å². The third kappa shape index (κ3) is 7.36. The fourth-order valence-corrected chi connectivity index (χ4v) is 2.39. The number of hydrogen-bond acceptors (Lipinski definition) is 5. The van der Waals surface area contributed by atoms with E-state index in [4.69, 9.17) is 4.74 Å². The van der Waals surface area contributed by atoms with Crippen LogP contribution in [0, 0.1) is 5.92 Å². The number of anilines is 1. The van der Waals surface area contributed by atoms with Gasteiger partial charge in [0, 0.05) is 30.0 Å². The number of nitrogens with one attached hydrogen (secondary N) is 2. The third-order valence-corrected chi connectivity index (χ3v) is 3.65. The molecular formula is C16H25N3O3S. The molecular weight excluding hydrogens is 314 g/mol. The molecule has 1 aromatic heterocycles. The number of carbonyl (C=O) groups excluding carboxylic acids is 2. The minimum absolute atomic E-state index is 0.0865. The molecule has 1 atom stereocenters. The lowest BCUT2D eigenvalue weighted by atomic mass is 10.2. The highest BCUT2D eigenvalue weighted by Gasteiger charge is 2.17. The summed E-state index contributed by atoms with van der Waals surface area (Å²) in [6, 6.07) is 3.56. The van der Waals surface area contributed by atoms with Gasteiger partial charge < -0.3 is 15.4 Å². The van der Waals surface area contributed by atoms with Gasteiger partial charge in [-0.05, 0) is 33.1 Å². The normalized spacial score (nSPS) is 12.4. The molecule has 2 amide bonds. The zero-order chi connectivity index (χ0) is 17.5. The molecule has 1 aromatic rings. The molecule has 1 unspecified atom stereocenters. The molecule has 0 saturated carbocycles. The lowest BCUT2D eigenvalue weighted by Gasteiger charge is -2.20. The molecule has 1 heterocycles. The summed E-state index contributed by atoms with van der Waals surface area (Å²) in [4.78, 5) is 28.0. The monoisotopic (exact) mass is 339 g/mol. The van der Waals surface area contributed by atoms with Gasteiger partial charge in [0.25, 0.3) is 0 Å². The van der Waals surface area contributed by atoms with Gasteiger partial charge in [-0.25, -0.2) is 9.78 Å². The molecule has 0 aromatic carbocycles. The number of aromatic nitrogens is 1. The minimum atomic E-state index is -0.552. The van der Waals surface area contributed by atoms with Crippen molar-refractivity contribution in [1.82, 2.24) is 10.3 Å². The lowest BCUT2D eigenvalue weighted by molar-refractivity contribution is -0.118. The quantitative estimate of drug-likeness (QED) is 0.832.